The summed E-state index contributed by atoms with van der Waals surface area (Å²) in [6.45, 7) is 3.40. The molecule has 24 heavy (non-hydrogen) atoms. The van der Waals surface area contributed by atoms with Gasteiger partial charge in [-0.15, -0.1) is 0 Å². The van der Waals surface area contributed by atoms with Gasteiger partial charge < -0.3 is 5.32 Å². The Labute approximate surface area is 150 Å². The van der Waals surface area contributed by atoms with Crippen LogP contribution in [0.5, 0.6) is 0 Å². The van der Waals surface area contributed by atoms with Gasteiger partial charge in [-0.05, 0) is 48.7 Å². The van der Waals surface area contributed by atoms with E-state index in [1.165, 1.54) is 6.07 Å². The van der Waals surface area contributed by atoms with Crippen LogP contribution in [0.3, 0.4) is 0 Å². The highest BCUT2D eigenvalue weighted by atomic mass is 79.9. The van der Waals surface area contributed by atoms with Crippen molar-refractivity contribution < 1.29 is 13.2 Å². The van der Waals surface area contributed by atoms with Crippen LogP contribution in [0, 0.1) is 6.92 Å². The summed E-state index contributed by atoms with van der Waals surface area (Å²) in [5.41, 5.74) is 2.36. The number of hydrogen-bond acceptors (Lipinski definition) is 3. The first kappa shape index (κ1) is 18.6. The maximum absolute atomic E-state index is 12.4. The average molecular weight is 411 g/mol. The molecule has 0 aliphatic heterocycles. The van der Waals surface area contributed by atoms with Crippen molar-refractivity contribution in [3.05, 3.63) is 58.1 Å². The van der Waals surface area contributed by atoms with Crippen molar-refractivity contribution in [3.8, 4) is 0 Å². The van der Waals surface area contributed by atoms with E-state index in [0.717, 1.165) is 12.0 Å². The van der Waals surface area contributed by atoms with Crippen LogP contribution in [0.25, 0.3) is 0 Å². The van der Waals surface area contributed by atoms with Gasteiger partial charge in [-0.1, -0.05) is 41.1 Å². The van der Waals surface area contributed by atoms with E-state index in [-0.39, 0.29) is 11.4 Å². The second kappa shape index (κ2) is 7.92. The zero-order chi connectivity index (χ0) is 17.7. The van der Waals surface area contributed by atoms with Crippen LogP contribution in [0.2, 0.25) is 0 Å². The molecule has 5 nitrogen and oxygen atoms in total. The number of aryl methyl sites for hydroxylation is 2. The Morgan fingerprint density at radius 1 is 1.17 bits per heavy atom. The minimum absolute atomic E-state index is 0.151. The molecule has 0 aliphatic carbocycles. The van der Waals surface area contributed by atoms with Crippen LogP contribution in [0.15, 0.2) is 51.8 Å². The second-order valence-electron chi connectivity index (χ2n) is 5.34. The molecule has 0 fully saturated rings. The predicted octanol–water partition coefficient (Wildman–Crippen LogP) is 3.24. The summed E-state index contributed by atoms with van der Waals surface area (Å²) in [5, 5.41) is 2.69. The van der Waals surface area contributed by atoms with E-state index >= 15 is 0 Å². The summed E-state index contributed by atoms with van der Waals surface area (Å²) in [4.78, 5) is 12.1. The van der Waals surface area contributed by atoms with Crippen LogP contribution in [-0.2, 0) is 21.2 Å². The van der Waals surface area contributed by atoms with E-state index in [2.05, 4.69) is 26.0 Å². The molecule has 2 N–H and O–H groups in total. The van der Waals surface area contributed by atoms with Crippen molar-refractivity contribution in [1.29, 1.82) is 0 Å². The van der Waals surface area contributed by atoms with Crippen LogP contribution < -0.4 is 10.0 Å². The van der Waals surface area contributed by atoms with Crippen molar-refractivity contribution in [2.75, 3.05) is 11.9 Å². The highest BCUT2D eigenvalue weighted by molar-refractivity contribution is 9.10. The molecule has 0 unspecified atom stereocenters. The number of rotatable bonds is 6. The Kier molecular flexibility index (Phi) is 6.15. The minimum atomic E-state index is -3.75. The Morgan fingerprint density at radius 2 is 1.92 bits per heavy atom. The number of anilines is 1. The Hall–Kier alpha value is -1.70. The number of hydrogen-bond donors (Lipinski definition) is 2. The second-order valence-corrected chi connectivity index (χ2v) is 7.99. The first-order valence-corrected chi connectivity index (χ1v) is 9.74. The van der Waals surface area contributed by atoms with Gasteiger partial charge in [-0.3, -0.25) is 4.79 Å². The molecule has 0 heterocycles. The van der Waals surface area contributed by atoms with Gasteiger partial charge in [-0.2, -0.15) is 0 Å². The van der Waals surface area contributed by atoms with Gasteiger partial charge in [0.1, 0.15) is 0 Å². The molecule has 0 aliphatic rings. The number of benzene rings is 2. The fraction of sp³-hybridized carbons (Fsp3) is 0.235. The molecule has 0 aromatic heterocycles. The van der Waals surface area contributed by atoms with Gasteiger partial charge in [0.25, 0.3) is 0 Å². The third-order valence-electron chi connectivity index (χ3n) is 3.48. The third kappa shape index (κ3) is 4.90. The molecular weight excluding hydrogens is 392 g/mol. The maximum Gasteiger partial charge on any atom is 0.241 e. The summed E-state index contributed by atoms with van der Waals surface area (Å²) < 4.78 is 27.7. The first-order valence-electron chi connectivity index (χ1n) is 7.46. The van der Waals surface area contributed by atoms with E-state index in [1.807, 2.05) is 25.1 Å². The molecule has 2 rings (SSSR count). The van der Waals surface area contributed by atoms with Crippen molar-refractivity contribution >= 4 is 37.5 Å². The quantitative estimate of drug-likeness (QED) is 0.767. The van der Waals surface area contributed by atoms with Crippen LogP contribution >= 0.6 is 15.9 Å². The Balaban J connectivity index is 2.03. The normalized spacial score (nSPS) is 11.3. The molecule has 0 radical (unpaired) electrons. The molecule has 0 saturated carbocycles. The highest BCUT2D eigenvalue weighted by Gasteiger charge is 2.18. The lowest BCUT2D eigenvalue weighted by Crippen LogP contribution is -2.33. The number of carbonyl (C=O) groups is 1. The average Bonchev–Trinajstić information content (AvgIpc) is 2.55. The minimum Gasteiger partial charge on any atom is -0.325 e. The number of nitrogens with one attached hydrogen (secondary N) is 2. The molecule has 2 aromatic carbocycles. The monoisotopic (exact) mass is 410 g/mol. The fourth-order valence-electron chi connectivity index (χ4n) is 2.18. The number of sulfonamides is 1. The van der Waals surface area contributed by atoms with Gasteiger partial charge in [0.2, 0.25) is 15.9 Å². The first-order chi connectivity index (χ1) is 11.3. The van der Waals surface area contributed by atoms with Crippen molar-refractivity contribution in [2.45, 2.75) is 25.2 Å². The smallest absolute Gasteiger partial charge is 0.241 e. The number of carbonyl (C=O) groups excluding carboxylic acids is 1. The lowest BCUT2D eigenvalue weighted by molar-refractivity contribution is -0.115. The molecule has 0 saturated heterocycles. The van der Waals surface area contributed by atoms with E-state index in [1.54, 1.807) is 25.1 Å². The molecule has 1 amide bonds. The van der Waals surface area contributed by atoms with E-state index < -0.39 is 15.9 Å². The van der Waals surface area contributed by atoms with Gasteiger partial charge in [0.15, 0.2) is 0 Å². The van der Waals surface area contributed by atoms with Crippen LogP contribution in [0.1, 0.15) is 18.1 Å². The molecular formula is C17H19BrN2O3S. The van der Waals surface area contributed by atoms with E-state index in [4.69, 9.17) is 0 Å². The largest absolute Gasteiger partial charge is 0.325 e. The van der Waals surface area contributed by atoms with Gasteiger partial charge in [-0.25, -0.2) is 13.1 Å². The topological polar surface area (TPSA) is 75.3 Å². The predicted molar refractivity (Wildman–Crippen MR) is 98.5 cm³/mol. The fourth-order valence-corrected chi connectivity index (χ4v) is 3.94. The number of halogens is 1. The van der Waals surface area contributed by atoms with Crippen molar-refractivity contribution in [1.82, 2.24) is 4.72 Å². The lowest BCUT2D eigenvalue weighted by Gasteiger charge is -2.10. The standard InChI is InChI=1S/C17H19BrN2O3S/c1-3-13-5-4-6-15(9-13)20-17(21)11-19-24(22,23)16-10-14(18)8-7-12(16)2/h4-10,19H,3,11H2,1-2H3,(H,20,21). The molecule has 2 aromatic rings. The van der Waals surface area contributed by atoms with E-state index in [0.29, 0.717) is 15.7 Å². The Bertz CT molecular complexity index is 851. The maximum atomic E-state index is 12.4. The summed E-state index contributed by atoms with van der Waals surface area (Å²) in [6, 6.07) is 12.4. The Morgan fingerprint density at radius 3 is 2.62 bits per heavy atom. The highest BCUT2D eigenvalue weighted by Crippen LogP contribution is 2.20. The summed E-state index contributed by atoms with van der Waals surface area (Å²) in [7, 11) is -3.75. The molecule has 0 atom stereocenters. The summed E-state index contributed by atoms with van der Waals surface area (Å²) >= 11 is 3.26. The summed E-state index contributed by atoms with van der Waals surface area (Å²) in [6.07, 6.45) is 0.860. The third-order valence-corrected chi connectivity index (χ3v) is 5.52. The lowest BCUT2D eigenvalue weighted by atomic mass is 10.1. The number of amides is 1. The van der Waals surface area contributed by atoms with Crippen LogP contribution in [-0.4, -0.2) is 20.9 Å². The molecule has 7 heteroatoms. The van der Waals surface area contributed by atoms with Gasteiger partial charge in [0.05, 0.1) is 11.4 Å². The zero-order valence-electron chi connectivity index (χ0n) is 13.5. The van der Waals surface area contributed by atoms with Crippen molar-refractivity contribution in [3.63, 3.8) is 0 Å². The SMILES string of the molecule is CCc1cccc(NC(=O)CNS(=O)(=O)c2cc(Br)ccc2C)c1. The molecule has 128 valence electrons. The van der Waals surface area contributed by atoms with E-state index in [9.17, 15) is 13.2 Å². The summed E-state index contributed by atoms with van der Waals surface area (Å²) in [5.74, 6) is -0.417. The van der Waals surface area contributed by atoms with Crippen molar-refractivity contribution in [2.24, 2.45) is 0 Å². The van der Waals surface area contributed by atoms with Gasteiger partial charge >= 0.3 is 0 Å². The molecule has 0 spiro atoms. The van der Waals surface area contributed by atoms with Crippen LogP contribution in [0.4, 0.5) is 5.69 Å². The molecule has 0 bridgehead atoms. The zero-order valence-corrected chi connectivity index (χ0v) is 15.9. The van der Waals surface area contributed by atoms with Gasteiger partial charge in [0, 0.05) is 10.2 Å².